The Labute approximate surface area is 113 Å². The number of thiocarbonyl (C=S) groups is 1. The van der Waals surface area contributed by atoms with Crippen molar-refractivity contribution in [2.24, 2.45) is 5.73 Å². The van der Waals surface area contributed by atoms with Crippen molar-refractivity contribution in [1.29, 1.82) is 0 Å². The number of para-hydroxylation sites is 1. The van der Waals surface area contributed by atoms with E-state index < -0.39 is 0 Å². The molecule has 0 bridgehead atoms. The van der Waals surface area contributed by atoms with Gasteiger partial charge in [-0.05, 0) is 34.1 Å². The molecule has 1 aromatic heterocycles. The van der Waals surface area contributed by atoms with Gasteiger partial charge in [-0.15, -0.1) is 0 Å². The quantitative estimate of drug-likeness (QED) is 0.884. The van der Waals surface area contributed by atoms with Gasteiger partial charge >= 0.3 is 0 Å². The molecule has 0 saturated heterocycles. The monoisotopic (exact) mass is 308 g/mol. The van der Waals surface area contributed by atoms with Gasteiger partial charge in [-0.1, -0.05) is 30.4 Å². The fraction of sp³-hybridized carbons (Fsp3) is 0. The van der Waals surface area contributed by atoms with E-state index in [0.717, 1.165) is 4.47 Å². The Morgan fingerprint density at radius 2 is 1.94 bits per heavy atom. The van der Waals surface area contributed by atoms with Crippen LogP contribution in [0.5, 0.6) is 11.6 Å². The zero-order valence-corrected chi connectivity index (χ0v) is 11.2. The van der Waals surface area contributed by atoms with Crippen LogP contribution in [0.3, 0.4) is 0 Å². The maximum atomic E-state index is 5.63. The van der Waals surface area contributed by atoms with Crippen molar-refractivity contribution in [3.63, 3.8) is 0 Å². The summed E-state index contributed by atoms with van der Waals surface area (Å²) in [6.07, 6.45) is 0. The first kappa shape index (κ1) is 12.0. The first-order chi connectivity index (χ1) is 8.16. The predicted octanol–water partition coefficient (Wildman–Crippen LogP) is 3.27. The van der Waals surface area contributed by atoms with Crippen molar-refractivity contribution in [3.8, 4) is 11.6 Å². The van der Waals surface area contributed by atoms with Crippen LogP contribution in [0.4, 0.5) is 0 Å². The maximum absolute atomic E-state index is 5.63. The van der Waals surface area contributed by atoms with Crippen molar-refractivity contribution >= 4 is 33.1 Å². The lowest BCUT2D eigenvalue weighted by atomic mass is 10.3. The summed E-state index contributed by atoms with van der Waals surface area (Å²) >= 11 is 8.26. The van der Waals surface area contributed by atoms with E-state index in [0.29, 0.717) is 17.3 Å². The average Bonchev–Trinajstić information content (AvgIpc) is 2.32. The normalized spacial score (nSPS) is 9.94. The van der Waals surface area contributed by atoms with Gasteiger partial charge in [0.2, 0.25) is 5.88 Å². The van der Waals surface area contributed by atoms with Crippen LogP contribution in [-0.2, 0) is 0 Å². The molecule has 1 aromatic carbocycles. The van der Waals surface area contributed by atoms with E-state index in [4.69, 9.17) is 22.7 Å². The zero-order chi connectivity index (χ0) is 12.3. The summed E-state index contributed by atoms with van der Waals surface area (Å²) in [7, 11) is 0. The molecule has 5 heteroatoms. The van der Waals surface area contributed by atoms with Gasteiger partial charge in [-0.3, -0.25) is 0 Å². The summed E-state index contributed by atoms with van der Waals surface area (Å²) in [4.78, 5) is 4.45. The molecule has 2 N–H and O–H groups in total. The van der Waals surface area contributed by atoms with Crippen LogP contribution in [0.25, 0.3) is 0 Å². The fourth-order valence-corrected chi connectivity index (χ4v) is 1.73. The van der Waals surface area contributed by atoms with Crippen LogP contribution in [0.1, 0.15) is 5.69 Å². The number of hydrogen-bond acceptors (Lipinski definition) is 3. The zero-order valence-electron chi connectivity index (χ0n) is 8.76. The third kappa shape index (κ3) is 3.01. The Morgan fingerprint density at radius 3 is 2.65 bits per heavy atom. The highest BCUT2D eigenvalue weighted by Gasteiger charge is 2.04. The number of aromatic nitrogens is 1. The number of nitrogens with zero attached hydrogens (tertiary/aromatic N) is 1. The molecule has 0 unspecified atom stereocenters. The van der Waals surface area contributed by atoms with Crippen molar-refractivity contribution in [2.75, 3.05) is 0 Å². The molecule has 0 fully saturated rings. The molecule has 86 valence electrons. The third-order valence-corrected chi connectivity index (χ3v) is 2.89. The van der Waals surface area contributed by atoms with Gasteiger partial charge in [-0.2, -0.15) is 0 Å². The molecule has 0 aliphatic rings. The third-order valence-electron chi connectivity index (χ3n) is 2.03. The van der Waals surface area contributed by atoms with E-state index in [1.807, 2.05) is 24.3 Å². The molecule has 0 spiro atoms. The van der Waals surface area contributed by atoms with Crippen LogP contribution in [0, 0.1) is 0 Å². The minimum Gasteiger partial charge on any atom is -0.438 e. The molecule has 0 radical (unpaired) electrons. The number of halogens is 1. The first-order valence-electron chi connectivity index (χ1n) is 4.86. The Balaban J connectivity index is 2.28. The van der Waals surface area contributed by atoms with E-state index in [-0.39, 0.29) is 4.99 Å². The molecule has 2 rings (SSSR count). The summed E-state index contributed by atoms with van der Waals surface area (Å²) < 4.78 is 6.49. The molecular weight excluding hydrogens is 300 g/mol. The summed E-state index contributed by atoms with van der Waals surface area (Å²) in [6, 6.07) is 12.8. The van der Waals surface area contributed by atoms with Crippen LogP contribution in [-0.4, -0.2) is 9.97 Å². The lowest BCUT2D eigenvalue weighted by molar-refractivity contribution is 0.460. The molecule has 0 amide bonds. The van der Waals surface area contributed by atoms with E-state index in [9.17, 15) is 0 Å². The number of hydrogen-bond donors (Lipinski definition) is 1. The molecular formula is C12H9BrN2OS. The molecule has 0 aliphatic carbocycles. The Hall–Kier alpha value is -1.46. The van der Waals surface area contributed by atoms with Crippen LogP contribution in [0.15, 0.2) is 46.9 Å². The summed E-state index contributed by atoms with van der Waals surface area (Å²) in [5.74, 6) is 1.15. The maximum Gasteiger partial charge on any atom is 0.219 e. The Bertz CT molecular complexity index is 560. The summed E-state index contributed by atoms with van der Waals surface area (Å²) in [5, 5.41) is 0. The predicted molar refractivity (Wildman–Crippen MR) is 74.3 cm³/mol. The van der Waals surface area contributed by atoms with Crippen molar-refractivity contribution < 1.29 is 4.74 Å². The lowest BCUT2D eigenvalue weighted by Gasteiger charge is -2.07. The Kier molecular flexibility index (Phi) is 3.71. The largest absolute Gasteiger partial charge is 0.438 e. The van der Waals surface area contributed by atoms with Crippen molar-refractivity contribution in [3.05, 3.63) is 52.6 Å². The second-order valence-electron chi connectivity index (χ2n) is 3.26. The van der Waals surface area contributed by atoms with E-state index >= 15 is 0 Å². The smallest absolute Gasteiger partial charge is 0.219 e. The Morgan fingerprint density at radius 1 is 1.18 bits per heavy atom. The second kappa shape index (κ2) is 5.25. The summed E-state index contributed by atoms with van der Waals surface area (Å²) in [5.41, 5.74) is 6.06. The second-order valence-corrected chi connectivity index (χ2v) is 4.55. The molecule has 3 nitrogen and oxygen atoms in total. The number of ether oxygens (including phenoxy) is 1. The molecule has 17 heavy (non-hydrogen) atoms. The molecule has 0 saturated carbocycles. The molecule has 2 aromatic rings. The van der Waals surface area contributed by atoms with Crippen LogP contribution < -0.4 is 10.5 Å². The number of nitrogens with two attached hydrogens (primary N) is 1. The SMILES string of the molecule is NC(=S)c1cccc(Oc2ccccc2Br)n1. The molecule has 0 aliphatic heterocycles. The highest BCUT2D eigenvalue weighted by atomic mass is 79.9. The van der Waals surface area contributed by atoms with Crippen LogP contribution >= 0.6 is 28.1 Å². The van der Waals surface area contributed by atoms with E-state index in [2.05, 4.69) is 20.9 Å². The minimum atomic E-state index is 0.252. The topological polar surface area (TPSA) is 48.1 Å². The average molecular weight is 309 g/mol. The van der Waals surface area contributed by atoms with Gasteiger partial charge in [-0.25, -0.2) is 4.98 Å². The van der Waals surface area contributed by atoms with Crippen molar-refractivity contribution in [2.45, 2.75) is 0 Å². The van der Waals surface area contributed by atoms with Gasteiger partial charge < -0.3 is 10.5 Å². The number of benzene rings is 1. The van der Waals surface area contributed by atoms with Gasteiger partial charge in [0.25, 0.3) is 0 Å². The highest BCUT2D eigenvalue weighted by molar-refractivity contribution is 9.10. The van der Waals surface area contributed by atoms with Gasteiger partial charge in [0.05, 0.1) is 4.47 Å². The molecule has 1 heterocycles. The summed E-state index contributed by atoms with van der Waals surface area (Å²) in [6.45, 7) is 0. The highest BCUT2D eigenvalue weighted by Crippen LogP contribution is 2.28. The standard InChI is InChI=1S/C12H9BrN2OS/c13-8-4-1-2-6-10(8)16-11-7-3-5-9(15-11)12(14)17/h1-7H,(H2,14,17). The first-order valence-corrected chi connectivity index (χ1v) is 6.06. The molecule has 0 atom stereocenters. The van der Waals surface area contributed by atoms with Gasteiger partial charge in [0.15, 0.2) is 0 Å². The minimum absolute atomic E-state index is 0.252. The van der Waals surface area contributed by atoms with Crippen molar-refractivity contribution in [1.82, 2.24) is 4.98 Å². The number of rotatable bonds is 3. The fourth-order valence-electron chi connectivity index (χ4n) is 1.25. The van der Waals surface area contributed by atoms with Gasteiger partial charge in [0, 0.05) is 6.07 Å². The lowest BCUT2D eigenvalue weighted by Crippen LogP contribution is -2.11. The number of pyridine rings is 1. The van der Waals surface area contributed by atoms with E-state index in [1.54, 1.807) is 18.2 Å². The van der Waals surface area contributed by atoms with E-state index in [1.165, 1.54) is 0 Å². The van der Waals surface area contributed by atoms with Crippen LogP contribution in [0.2, 0.25) is 0 Å². The van der Waals surface area contributed by atoms with Gasteiger partial charge in [0.1, 0.15) is 16.4 Å².